The zero-order valence-electron chi connectivity index (χ0n) is 58.4. The summed E-state index contributed by atoms with van der Waals surface area (Å²) in [4.78, 5) is 45.5. The molecule has 2 saturated heterocycles. The molecule has 0 aromatic rings. The van der Waals surface area contributed by atoms with Crippen molar-refractivity contribution in [3.05, 3.63) is 36.5 Å². The van der Waals surface area contributed by atoms with E-state index in [0.717, 1.165) is 44.9 Å². The molecule has 3 aliphatic rings. The van der Waals surface area contributed by atoms with Crippen LogP contribution in [0.1, 0.15) is 204 Å². The van der Waals surface area contributed by atoms with Gasteiger partial charge in [-0.1, -0.05) is 176 Å². The van der Waals surface area contributed by atoms with Crippen molar-refractivity contribution in [1.29, 1.82) is 0 Å². The van der Waals surface area contributed by atoms with Crippen LogP contribution >= 0.6 is 0 Å². The zero-order chi connectivity index (χ0) is 63.3. The number of ketones is 2. The van der Waals surface area contributed by atoms with Crippen molar-refractivity contribution in [2.24, 2.45) is 53.3 Å². The van der Waals surface area contributed by atoms with E-state index in [1.54, 1.807) is 6.08 Å². The lowest BCUT2D eigenvalue weighted by molar-refractivity contribution is -0.347. The molecule has 82 heavy (non-hydrogen) atoms. The average Bonchev–Trinajstić information content (AvgIpc) is 3.33. The summed E-state index contributed by atoms with van der Waals surface area (Å²) in [5, 5.41) is -0.318. The van der Waals surface area contributed by atoms with E-state index in [-0.39, 0.29) is 73.9 Å². The highest BCUT2D eigenvalue weighted by Crippen LogP contribution is 2.48. The van der Waals surface area contributed by atoms with Crippen LogP contribution in [0.2, 0.25) is 72.5 Å². The topological polar surface area (TPSA) is 116 Å². The van der Waals surface area contributed by atoms with E-state index in [9.17, 15) is 4.79 Å². The fourth-order valence-electron chi connectivity index (χ4n) is 11.4. The van der Waals surface area contributed by atoms with Crippen LogP contribution in [-0.2, 0) is 46.3 Å². The molecule has 0 amide bonds. The summed E-state index contributed by atoms with van der Waals surface area (Å²) >= 11 is 0. The Labute approximate surface area is 508 Å². The van der Waals surface area contributed by atoms with E-state index in [1.807, 2.05) is 33.8 Å². The van der Waals surface area contributed by atoms with Crippen molar-refractivity contribution in [2.75, 3.05) is 0 Å². The van der Waals surface area contributed by atoms with Crippen molar-refractivity contribution >= 4 is 50.8 Å². The summed E-state index contributed by atoms with van der Waals surface area (Å²) in [5.41, 5.74) is 0. The molecule has 17 atom stereocenters. The quantitative estimate of drug-likeness (QED) is 0.146. The Bertz CT molecular complexity index is 2160. The molecular weight excluding hydrogens is 1090 g/mol. The molecule has 0 aromatic carbocycles. The Hall–Kier alpha value is -1.34. The minimum Gasteiger partial charge on any atom is -0.459 e. The van der Waals surface area contributed by atoms with Gasteiger partial charge in [0.05, 0.1) is 30.5 Å². The van der Waals surface area contributed by atoms with Gasteiger partial charge in [-0.15, -0.1) is 0 Å². The summed E-state index contributed by atoms with van der Waals surface area (Å²) in [7, 11) is -9.45. The molecule has 3 aliphatic heterocycles. The van der Waals surface area contributed by atoms with Gasteiger partial charge in [0.2, 0.25) is 0 Å². The predicted molar refractivity (Wildman–Crippen MR) is 353 cm³/mol. The van der Waals surface area contributed by atoms with Crippen LogP contribution in [0.15, 0.2) is 36.5 Å². The van der Waals surface area contributed by atoms with Crippen molar-refractivity contribution in [3.63, 3.8) is 0 Å². The summed E-state index contributed by atoms with van der Waals surface area (Å²) in [6, 6.07) is 0. The highest BCUT2D eigenvalue weighted by molar-refractivity contribution is 6.75. The van der Waals surface area contributed by atoms with Crippen LogP contribution in [0, 0.1) is 53.3 Å². The van der Waals surface area contributed by atoms with Crippen LogP contribution in [0.3, 0.4) is 0 Å². The molecule has 3 heterocycles. The molecule has 0 aliphatic carbocycles. The van der Waals surface area contributed by atoms with Crippen molar-refractivity contribution < 1.29 is 46.3 Å². The van der Waals surface area contributed by atoms with Crippen molar-refractivity contribution in [3.8, 4) is 0 Å². The lowest BCUT2D eigenvalue weighted by Crippen LogP contribution is -2.57. The van der Waals surface area contributed by atoms with E-state index in [2.05, 4.69) is 201 Å². The number of carbonyl (C=O) groups is 3. The molecule has 0 N–H and O–H groups in total. The zero-order valence-corrected chi connectivity index (χ0v) is 62.4. The molecule has 0 unspecified atom stereocenters. The van der Waals surface area contributed by atoms with Crippen LogP contribution in [0.25, 0.3) is 0 Å². The van der Waals surface area contributed by atoms with Gasteiger partial charge >= 0.3 is 5.97 Å². The molecule has 3 rings (SSSR count). The third kappa shape index (κ3) is 19.6. The van der Waals surface area contributed by atoms with E-state index in [0.29, 0.717) is 18.3 Å². The minimum absolute atomic E-state index is 0.0108. The minimum atomic E-state index is -2.56. The molecular formula is C68H128O10Si4. The number of fused-ring (bicyclic) bond motifs is 2. The number of hydrogen-bond donors (Lipinski definition) is 0. The summed E-state index contributed by atoms with van der Waals surface area (Å²) in [5.74, 6) is -3.37. The van der Waals surface area contributed by atoms with Crippen LogP contribution in [-0.4, -0.2) is 99.3 Å². The third-order valence-corrected chi connectivity index (χ3v) is 39.8. The second-order valence-corrected chi connectivity index (χ2v) is 51.7. The fourth-order valence-corrected chi connectivity index (χ4v) is 17.2. The molecule has 10 nitrogen and oxygen atoms in total. The summed E-state index contributed by atoms with van der Waals surface area (Å²) < 4.78 is 50.1. The predicted octanol–water partition coefficient (Wildman–Crippen LogP) is 18.6. The Morgan fingerprint density at radius 3 is 1.52 bits per heavy atom. The SMILES string of the molecule is CC[C@H]1/C=C/C=C/C[C@@H](C)[C@H](O[Si](C)(C)C(C)(C)C)[C@H](C)C(=O)[C@@H](C)[C@H](O[Si](C)(C)C(C)(C)C)[C@@H](C)C(=O)[C@@H](C)[C@H](O[Si](C)(C)C(C)(C)C)[C@@H](C)/C=C\C(=O)O[C@H]2C[C@@]3(CC[C@H](C)[C@H](C[C@@H](C)O[Si](C)(C)C(C)(C)C)O3)O[C@@H](CC1)[C@H]2C. The lowest BCUT2D eigenvalue weighted by Gasteiger charge is -2.52. The first kappa shape index (κ1) is 74.9. The Balaban J connectivity index is 2.27. The number of carbonyl (C=O) groups excluding carboxylic acids is 3. The number of hydrogen-bond acceptors (Lipinski definition) is 10. The van der Waals surface area contributed by atoms with Crippen LogP contribution < -0.4 is 0 Å². The van der Waals surface area contributed by atoms with Gasteiger partial charge < -0.3 is 31.9 Å². The number of ether oxygens (including phenoxy) is 3. The molecule has 476 valence electrons. The molecule has 0 aromatic heterocycles. The molecule has 2 fully saturated rings. The van der Waals surface area contributed by atoms with E-state index >= 15 is 9.59 Å². The molecule has 2 bridgehead atoms. The smallest absolute Gasteiger partial charge is 0.330 e. The maximum absolute atomic E-state index is 15.6. The van der Waals surface area contributed by atoms with Gasteiger partial charge in [0, 0.05) is 60.5 Å². The van der Waals surface area contributed by atoms with Gasteiger partial charge in [-0.3, -0.25) is 9.59 Å². The first-order valence-electron chi connectivity index (χ1n) is 32.4. The molecule has 0 radical (unpaired) electrons. The van der Waals surface area contributed by atoms with Crippen LogP contribution in [0.5, 0.6) is 0 Å². The summed E-state index contributed by atoms with van der Waals surface area (Å²) in [6.45, 7) is 66.1. The van der Waals surface area contributed by atoms with Gasteiger partial charge in [0.25, 0.3) is 0 Å². The number of Topliss-reactive ketones (excluding diaryl/α,β-unsaturated/α-hetero) is 2. The maximum atomic E-state index is 15.6. The lowest BCUT2D eigenvalue weighted by atomic mass is 9.77. The van der Waals surface area contributed by atoms with Gasteiger partial charge in [-0.25, -0.2) is 4.79 Å². The normalized spacial score (nSPS) is 35.7. The van der Waals surface area contributed by atoms with E-state index in [4.69, 9.17) is 31.9 Å². The number of allylic oxidation sites excluding steroid dienone is 4. The first-order chi connectivity index (χ1) is 37.1. The van der Waals surface area contributed by atoms with Crippen molar-refractivity contribution in [2.45, 2.75) is 325 Å². The second-order valence-electron chi connectivity index (χ2n) is 32.7. The fraction of sp³-hybridized carbons (Fsp3) is 0.868. The monoisotopic (exact) mass is 1220 g/mol. The highest BCUT2D eigenvalue weighted by Gasteiger charge is 2.53. The third-order valence-electron chi connectivity index (χ3n) is 21.7. The highest BCUT2D eigenvalue weighted by atomic mass is 28.4. The van der Waals surface area contributed by atoms with Gasteiger partial charge in [-0.05, 0) is 136 Å². The average molecular weight is 1220 g/mol. The van der Waals surface area contributed by atoms with Crippen molar-refractivity contribution in [1.82, 2.24) is 0 Å². The molecule has 0 saturated carbocycles. The Morgan fingerprint density at radius 2 is 1.04 bits per heavy atom. The number of rotatable bonds is 11. The summed E-state index contributed by atoms with van der Waals surface area (Å²) in [6.07, 6.45) is 16.3. The van der Waals surface area contributed by atoms with Gasteiger partial charge in [0.15, 0.2) is 39.1 Å². The van der Waals surface area contributed by atoms with E-state index in [1.165, 1.54) is 0 Å². The first-order valence-corrected chi connectivity index (χ1v) is 44.1. The second kappa shape index (κ2) is 28.9. The standard InChI is InChI=1S/C68H128O10Si4/c1-31-54-36-34-32-33-35-46(3)61(76-80(25,26)65(14,15)16)50(7)59(70)52(9)63(78-82(29,30)67(20,21)22)53(10)60(71)51(8)62(77-81(27,28)66(17,18)19)47(4)37-40-58(69)72-57-44-68(73-55(39-38-54)49(57)6)42-41-45(2)56(74-68)43-48(5)75-79(23,24)64(11,12)13/h32-34,36-37,40,45-57,61-63H,31,35,38-39,41-44H2,1-30H3/b33-32+,36-34+,40-37-/t45-,46+,47-,48+,49+,50+,51+,52+,53-,54-,55-,56-,57-,61-,62+,63-,68-/m0/s1. The van der Waals surface area contributed by atoms with Crippen LogP contribution in [0.4, 0.5) is 0 Å². The van der Waals surface area contributed by atoms with Gasteiger partial charge in [-0.2, -0.15) is 0 Å². The van der Waals surface area contributed by atoms with Gasteiger partial charge in [0.1, 0.15) is 17.7 Å². The molecule has 14 heteroatoms. The number of esters is 1. The molecule has 1 spiro atoms. The maximum Gasteiger partial charge on any atom is 0.330 e. The van der Waals surface area contributed by atoms with E-state index < -0.39 is 87.0 Å². The largest absolute Gasteiger partial charge is 0.459 e. The Kier molecular flexibility index (Phi) is 26.4. The Morgan fingerprint density at radius 1 is 0.573 bits per heavy atom.